The second-order valence-corrected chi connectivity index (χ2v) is 8.15. The molecule has 3 rings (SSSR count). The number of pyridine rings is 1. The lowest BCUT2D eigenvalue weighted by atomic mass is 10.2. The van der Waals surface area contributed by atoms with E-state index in [0.717, 1.165) is 57.3 Å². The maximum Gasteiger partial charge on any atom is 0.191 e. The molecular formula is C20H31N7S. The minimum atomic E-state index is 0.701. The molecule has 0 aromatic carbocycles. The SMILES string of the molecule is CCc1cnc(CCNC(=NC)NCc2cccnc2N2CCN(C)CC2)s1. The summed E-state index contributed by atoms with van der Waals surface area (Å²) in [5.41, 5.74) is 1.20. The summed E-state index contributed by atoms with van der Waals surface area (Å²) >= 11 is 1.79. The fraction of sp³-hybridized carbons (Fsp3) is 0.550. The number of guanidine groups is 1. The lowest BCUT2D eigenvalue weighted by molar-refractivity contribution is 0.312. The second kappa shape index (κ2) is 10.4. The Morgan fingerprint density at radius 1 is 1.21 bits per heavy atom. The first-order valence-electron chi connectivity index (χ1n) is 9.95. The van der Waals surface area contributed by atoms with Crippen LogP contribution in [0.1, 0.15) is 22.4 Å². The van der Waals surface area contributed by atoms with Crippen LogP contribution < -0.4 is 15.5 Å². The Kier molecular flexibility index (Phi) is 7.62. The molecule has 8 heteroatoms. The number of aliphatic imine (C=N–C) groups is 1. The molecule has 0 atom stereocenters. The van der Waals surface area contributed by atoms with Crippen LogP contribution in [0.2, 0.25) is 0 Å². The molecule has 7 nitrogen and oxygen atoms in total. The molecule has 1 fully saturated rings. The highest BCUT2D eigenvalue weighted by molar-refractivity contribution is 7.11. The standard InChI is InChI=1S/C20H31N7S/c1-4-17-15-24-18(28-17)7-9-23-20(21-2)25-14-16-6-5-8-22-19(16)27-12-10-26(3)11-13-27/h5-6,8,15H,4,7,9-14H2,1-3H3,(H2,21,23,25). The molecule has 0 aliphatic carbocycles. The number of rotatable bonds is 7. The van der Waals surface area contributed by atoms with Crippen molar-refractivity contribution in [3.63, 3.8) is 0 Å². The second-order valence-electron chi connectivity index (χ2n) is 6.95. The molecule has 0 saturated carbocycles. The van der Waals surface area contributed by atoms with Crippen LogP contribution in [0.25, 0.3) is 0 Å². The number of anilines is 1. The zero-order chi connectivity index (χ0) is 19.8. The van der Waals surface area contributed by atoms with Gasteiger partial charge in [0.2, 0.25) is 0 Å². The number of piperazine rings is 1. The Morgan fingerprint density at radius 3 is 2.75 bits per heavy atom. The first kappa shape index (κ1) is 20.5. The van der Waals surface area contributed by atoms with Gasteiger partial charge >= 0.3 is 0 Å². The minimum absolute atomic E-state index is 0.701. The van der Waals surface area contributed by atoms with Gasteiger partial charge in [0.05, 0.1) is 5.01 Å². The Morgan fingerprint density at radius 2 is 2.04 bits per heavy atom. The van der Waals surface area contributed by atoms with Crippen molar-refractivity contribution in [2.45, 2.75) is 26.3 Å². The van der Waals surface area contributed by atoms with E-state index >= 15 is 0 Å². The summed E-state index contributed by atoms with van der Waals surface area (Å²) in [4.78, 5) is 19.5. The van der Waals surface area contributed by atoms with Gasteiger partial charge in [-0.1, -0.05) is 13.0 Å². The van der Waals surface area contributed by atoms with Crippen molar-refractivity contribution in [3.8, 4) is 0 Å². The van der Waals surface area contributed by atoms with Crippen molar-refractivity contribution in [2.75, 3.05) is 51.7 Å². The van der Waals surface area contributed by atoms with Gasteiger partial charge in [0, 0.05) is 75.6 Å². The third-order valence-corrected chi connectivity index (χ3v) is 6.12. The molecule has 28 heavy (non-hydrogen) atoms. The van der Waals surface area contributed by atoms with E-state index in [2.05, 4.69) is 55.4 Å². The topological polar surface area (TPSA) is 68.7 Å². The summed E-state index contributed by atoms with van der Waals surface area (Å²) in [5, 5.41) is 7.98. The highest BCUT2D eigenvalue weighted by Gasteiger charge is 2.18. The molecule has 0 unspecified atom stereocenters. The van der Waals surface area contributed by atoms with Crippen molar-refractivity contribution >= 4 is 23.1 Å². The van der Waals surface area contributed by atoms with Crippen molar-refractivity contribution < 1.29 is 0 Å². The molecule has 0 bridgehead atoms. The van der Waals surface area contributed by atoms with E-state index in [-0.39, 0.29) is 0 Å². The fourth-order valence-corrected chi connectivity index (χ4v) is 4.05. The molecule has 152 valence electrons. The van der Waals surface area contributed by atoms with Gasteiger partial charge in [0.25, 0.3) is 0 Å². The number of hydrogen-bond donors (Lipinski definition) is 2. The predicted octanol–water partition coefficient (Wildman–Crippen LogP) is 1.76. The third-order valence-electron chi connectivity index (χ3n) is 4.92. The monoisotopic (exact) mass is 401 g/mol. The van der Waals surface area contributed by atoms with Crippen molar-refractivity contribution in [2.24, 2.45) is 4.99 Å². The van der Waals surface area contributed by atoms with Crippen LogP contribution in [0, 0.1) is 0 Å². The summed E-state index contributed by atoms with van der Waals surface area (Å²) in [5.74, 6) is 1.88. The zero-order valence-corrected chi connectivity index (χ0v) is 17.9. The van der Waals surface area contributed by atoms with Gasteiger partial charge in [0.15, 0.2) is 5.96 Å². The molecule has 2 aromatic heterocycles. The quantitative estimate of drug-likeness (QED) is 0.544. The van der Waals surface area contributed by atoms with Crippen molar-refractivity contribution in [1.29, 1.82) is 0 Å². The van der Waals surface area contributed by atoms with Crippen LogP contribution >= 0.6 is 11.3 Å². The van der Waals surface area contributed by atoms with Crippen molar-refractivity contribution in [3.05, 3.63) is 40.0 Å². The molecule has 3 heterocycles. The van der Waals surface area contributed by atoms with Gasteiger partial charge in [-0.3, -0.25) is 4.99 Å². The van der Waals surface area contributed by atoms with Gasteiger partial charge in [-0.25, -0.2) is 9.97 Å². The number of thiazole rings is 1. The molecule has 0 spiro atoms. The number of nitrogens with zero attached hydrogens (tertiary/aromatic N) is 5. The predicted molar refractivity (Wildman–Crippen MR) is 117 cm³/mol. The van der Waals surface area contributed by atoms with Crippen molar-refractivity contribution in [1.82, 2.24) is 25.5 Å². The van der Waals surface area contributed by atoms with Crippen LogP contribution in [0.3, 0.4) is 0 Å². The maximum absolute atomic E-state index is 4.64. The van der Waals surface area contributed by atoms with E-state index in [1.807, 2.05) is 18.5 Å². The lowest BCUT2D eigenvalue weighted by Gasteiger charge is -2.34. The maximum atomic E-state index is 4.64. The van der Waals surface area contributed by atoms with Crippen LogP contribution in [0.5, 0.6) is 0 Å². The highest BCUT2D eigenvalue weighted by Crippen LogP contribution is 2.18. The molecule has 1 saturated heterocycles. The van der Waals surface area contributed by atoms with Gasteiger partial charge in [-0.2, -0.15) is 0 Å². The van der Waals surface area contributed by atoms with Gasteiger partial charge in [-0.05, 0) is 19.5 Å². The summed E-state index contributed by atoms with van der Waals surface area (Å²) < 4.78 is 0. The lowest BCUT2D eigenvalue weighted by Crippen LogP contribution is -2.45. The first-order chi connectivity index (χ1) is 13.7. The molecule has 2 aromatic rings. The average Bonchev–Trinajstić information content (AvgIpc) is 3.19. The third kappa shape index (κ3) is 5.65. The zero-order valence-electron chi connectivity index (χ0n) is 17.1. The largest absolute Gasteiger partial charge is 0.356 e. The Labute approximate surface area is 171 Å². The molecule has 1 aliphatic rings. The number of aryl methyl sites for hydroxylation is 1. The Hall–Kier alpha value is -2.19. The van der Waals surface area contributed by atoms with E-state index in [4.69, 9.17) is 0 Å². The van der Waals surface area contributed by atoms with E-state index in [9.17, 15) is 0 Å². The Balaban J connectivity index is 1.51. The molecular weight excluding hydrogens is 370 g/mol. The number of hydrogen-bond acceptors (Lipinski definition) is 6. The van der Waals surface area contributed by atoms with Gasteiger partial charge < -0.3 is 20.4 Å². The first-order valence-corrected chi connectivity index (χ1v) is 10.8. The molecule has 1 aliphatic heterocycles. The smallest absolute Gasteiger partial charge is 0.191 e. The highest BCUT2D eigenvalue weighted by atomic mass is 32.1. The van der Waals surface area contributed by atoms with Crippen LogP contribution in [-0.2, 0) is 19.4 Å². The summed E-state index contributed by atoms with van der Waals surface area (Å²) in [6, 6.07) is 4.14. The average molecular weight is 402 g/mol. The molecule has 0 amide bonds. The fourth-order valence-electron chi connectivity index (χ4n) is 3.19. The van der Waals surface area contributed by atoms with Crippen LogP contribution in [0.4, 0.5) is 5.82 Å². The molecule has 2 N–H and O–H groups in total. The number of aromatic nitrogens is 2. The van der Waals surface area contributed by atoms with Crippen LogP contribution in [-0.4, -0.2) is 67.6 Å². The summed E-state index contributed by atoms with van der Waals surface area (Å²) in [7, 11) is 3.97. The van der Waals surface area contributed by atoms with E-state index < -0.39 is 0 Å². The van der Waals surface area contributed by atoms with E-state index in [0.29, 0.717) is 6.54 Å². The summed E-state index contributed by atoms with van der Waals surface area (Å²) in [6.45, 7) is 7.85. The number of nitrogens with one attached hydrogen (secondary N) is 2. The minimum Gasteiger partial charge on any atom is -0.356 e. The van der Waals surface area contributed by atoms with Gasteiger partial charge in [0.1, 0.15) is 5.82 Å². The van der Waals surface area contributed by atoms with E-state index in [1.165, 1.54) is 15.4 Å². The van der Waals surface area contributed by atoms with E-state index in [1.54, 1.807) is 18.4 Å². The normalized spacial score (nSPS) is 15.7. The van der Waals surface area contributed by atoms with Gasteiger partial charge in [-0.15, -0.1) is 11.3 Å². The molecule has 0 radical (unpaired) electrons. The Bertz CT molecular complexity index is 765. The van der Waals surface area contributed by atoms with Crippen LogP contribution in [0.15, 0.2) is 29.5 Å². The summed E-state index contributed by atoms with van der Waals surface area (Å²) in [6.07, 6.45) is 5.82. The number of likely N-dealkylation sites (N-methyl/N-ethyl adjacent to an activating group) is 1.